The molecule has 3 nitrogen and oxygen atoms in total. The van der Waals surface area contributed by atoms with Crippen molar-refractivity contribution in [2.75, 3.05) is 12.9 Å². The monoisotopic (exact) mass is 365 g/mol. The normalized spacial score (nSPS) is 12.1. The van der Waals surface area contributed by atoms with Crippen molar-refractivity contribution in [1.29, 1.82) is 0 Å². The molecule has 1 N–H and O–H groups in total. The number of hydrogen-bond acceptors (Lipinski definition) is 3. The van der Waals surface area contributed by atoms with E-state index in [1.807, 2.05) is 38.1 Å². The lowest BCUT2D eigenvalue weighted by atomic mass is 9.96. The third kappa shape index (κ3) is 5.46. The number of rotatable bonds is 7. The van der Waals surface area contributed by atoms with Gasteiger partial charge in [-0.1, -0.05) is 26.0 Å². The molecule has 1 unspecified atom stereocenters. The molecule has 0 saturated carbocycles. The van der Waals surface area contributed by atoms with E-state index in [4.69, 9.17) is 4.74 Å². The second-order valence-electron chi connectivity index (χ2n) is 5.93. The van der Waals surface area contributed by atoms with Gasteiger partial charge in [0, 0.05) is 4.90 Å². The number of carbonyl (C=O) groups excluding carboxylic acids is 1. The summed E-state index contributed by atoms with van der Waals surface area (Å²) in [7, 11) is 1.60. The molecule has 0 aliphatic heterocycles. The Balaban J connectivity index is 1.98. The van der Waals surface area contributed by atoms with Crippen LogP contribution in [0.3, 0.4) is 0 Å². The summed E-state index contributed by atoms with van der Waals surface area (Å²) in [5.41, 5.74) is 0.988. The third-order valence-electron chi connectivity index (χ3n) is 3.72. The Kier molecular flexibility index (Phi) is 6.82. The van der Waals surface area contributed by atoms with Crippen LogP contribution in [0.4, 0.5) is 8.78 Å². The summed E-state index contributed by atoms with van der Waals surface area (Å²) in [5.74, 6) is -0.886. The van der Waals surface area contributed by atoms with Crippen LogP contribution in [0.1, 0.15) is 25.5 Å². The van der Waals surface area contributed by atoms with E-state index in [-0.39, 0.29) is 23.6 Å². The van der Waals surface area contributed by atoms with Crippen LogP contribution in [-0.2, 0) is 4.79 Å². The lowest BCUT2D eigenvalue weighted by Crippen LogP contribution is -2.32. The minimum absolute atomic E-state index is 0.129. The van der Waals surface area contributed by atoms with Crippen molar-refractivity contribution < 1.29 is 18.3 Å². The second-order valence-corrected chi connectivity index (χ2v) is 6.98. The maximum Gasteiger partial charge on any atom is 0.230 e. The van der Waals surface area contributed by atoms with Gasteiger partial charge >= 0.3 is 0 Å². The Morgan fingerprint density at radius 2 is 1.80 bits per heavy atom. The number of nitrogens with one attached hydrogen (secondary N) is 1. The fraction of sp³-hybridized carbons (Fsp3) is 0.316. The Morgan fingerprint density at radius 1 is 1.12 bits per heavy atom. The third-order valence-corrected chi connectivity index (χ3v) is 4.71. The molecule has 0 bridgehead atoms. The Bertz CT molecular complexity index is 720. The molecule has 2 aromatic carbocycles. The van der Waals surface area contributed by atoms with E-state index >= 15 is 0 Å². The van der Waals surface area contributed by atoms with Crippen LogP contribution in [0.25, 0.3) is 0 Å². The van der Waals surface area contributed by atoms with Gasteiger partial charge in [-0.15, -0.1) is 11.8 Å². The predicted octanol–water partition coefficient (Wildman–Crippen LogP) is 4.58. The van der Waals surface area contributed by atoms with Crippen molar-refractivity contribution in [2.24, 2.45) is 5.92 Å². The number of hydrogen-bond donors (Lipinski definition) is 1. The SMILES string of the molecule is COc1ccc(C(NC(=O)CSc2ccc(F)c(F)c2)C(C)C)cc1. The van der Waals surface area contributed by atoms with Gasteiger partial charge in [0.25, 0.3) is 0 Å². The standard InChI is InChI=1S/C19H21F2NO2S/c1-12(2)19(13-4-6-14(24-3)7-5-13)22-18(23)11-25-15-8-9-16(20)17(21)10-15/h4-10,12,19H,11H2,1-3H3,(H,22,23). The molecule has 25 heavy (non-hydrogen) atoms. The minimum atomic E-state index is -0.913. The van der Waals surface area contributed by atoms with Crippen LogP contribution in [0.15, 0.2) is 47.4 Å². The van der Waals surface area contributed by atoms with Crippen molar-refractivity contribution in [1.82, 2.24) is 5.32 Å². The summed E-state index contributed by atoms with van der Waals surface area (Å²) < 4.78 is 31.3. The zero-order chi connectivity index (χ0) is 18.4. The van der Waals surface area contributed by atoms with E-state index in [1.165, 1.54) is 17.8 Å². The molecule has 0 aliphatic rings. The van der Waals surface area contributed by atoms with Crippen LogP contribution >= 0.6 is 11.8 Å². The molecule has 6 heteroatoms. The highest BCUT2D eigenvalue weighted by atomic mass is 32.2. The van der Waals surface area contributed by atoms with Gasteiger partial charge < -0.3 is 10.1 Å². The van der Waals surface area contributed by atoms with Crippen molar-refractivity contribution in [3.8, 4) is 5.75 Å². The molecule has 0 spiro atoms. The number of amides is 1. The zero-order valence-electron chi connectivity index (χ0n) is 14.4. The highest BCUT2D eigenvalue weighted by Gasteiger charge is 2.18. The van der Waals surface area contributed by atoms with Crippen LogP contribution in [0.5, 0.6) is 5.75 Å². The van der Waals surface area contributed by atoms with Gasteiger partial charge in [-0.05, 0) is 41.8 Å². The number of methoxy groups -OCH3 is 1. The van der Waals surface area contributed by atoms with E-state index in [1.54, 1.807) is 7.11 Å². The van der Waals surface area contributed by atoms with E-state index in [0.29, 0.717) is 4.90 Å². The number of benzene rings is 2. The summed E-state index contributed by atoms with van der Waals surface area (Å²) in [6.45, 7) is 4.05. The fourth-order valence-electron chi connectivity index (χ4n) is 2.38. The molecule has 2 aromatic rings. The van der Waals surface area contributed by atoms with Crippen LogP contribution < -0.4 is 10.1 Å². The maximum atomic E-state index is 13.2. The molecule has 0 heterocycles. The van der Waals surface area contributed by atoms with E-state index in [0.717, 1.165) is 23.4 Å². The van der Waals surface area contributed by atoms with Crippen molar-refractivity contribution in [2.45, 2.75) is 24.8 Å². The predicted molar refractivity (Wildman–Crippen MR) is 95.8 cm³/mol. The number of ether oxygens (including phenoxy) is 1. The van der Waals surface area contributed by atoms with Crippen molar-refractivity contribution in [3.05, 3.63) is 59.7 Å². The summed E-state index contributed by atoms with van der Waals surface area (Å²) in [5, 5.41) is 3.00. The fourth-order valence-corrected chi connectivity index (χ4v) is 3.11. The zero-order valence-corrected chi connectivity index (χ0v) is 15.2. The van der Waals surface area contributed by atoms with Gasteiger partial charge in [-0.3, -0.25) is 4.79 Å². The van der Waals surface area contributed by atoms with Gasteiger partial charge in [0.15, 0.2) is 11.6 Å². The molecule has 1 atom stereocenters. The molecule has 0 fully saturated rings. The largest absolute Gasteiger partial charge is 0.497 e. The number of carbonyl (C=O) groups is 1. The Labute approximate surface area is 150 Å². The summed E-state index contributed by atoms with van der Waals surface area (Å²) in [6.07, 6.45) is 0. The lowest BCUT2D eigenvalue weighted by molar-refractivity contribution is -0.119. The molecule has 0 aromatic heterocycles. The van der Waals surface area contributed by atoms with Crippen LogP contribution in [0, 0.1) is 17.6 Å². The molecule has 1 amide bonds. The molecule has 0 aliphatic carbocycles. The summed E-state index contributed by atoms with van der Waals surface area (Å²) in [4.78, 5) is 12.8. The average Bonchev–Trinajstić information content (AvgIpc) is 2.60. The first-order valence-corrected chi connectivity index (χ1v) is 8.90. The van der Waals surface area contributed by atoms with Gasteiger partial charge in [-0.2, -0.15) is 0 Å². The molecule has 134 valence electrons. The quantitative estimate of drug-likeness (QED) is 0.730. The lowest BCUT2D eigenvalue weighted by Gasteiger charge is -2.23. The maximum absolute atomic E-state index is 13.2. The Hall–Kier alpha value is -2.08. The summed E-state index contributed by atoms with van der Waals surface area (Å²) in [6, 6.07) is 11.0. The first kappa shape index (κ1) is 19.2. The van der Waals surface area contributed by atoms with Crippen molar-refractivity contribution in [3.63, 3.8) is 0 Å². The van der Waals surface area contributed by atoms with Crippen molar-refractivity contribution >= 4 is 17.7 Å². The van der Waals surface area contributed by atoms with Gasteiger partial charge in [0.1, 0.15) is 5.75 Å². The topological polar surface area (TPSA) is 38.3 Å². The first-order valence-electron chi connectivity index (χ1n) is 7.92. The number of thioether (sulfide) groups is 1. The van der Waals surface area contributed by atoms with E-state index in [9.17, 15) is 13.6 Å². The van der Waals surface area contributed by atoms with E-state index < -0.39 is 11.6 Å². The molecular formula is C19H21F2NO2S. The van der Waals surface area contributed by atoms with E-state index in [2.05, 4.69) is 5.32 Å². The van der Waals surface area contributed by atoms with Gasteiger partial charge in [0.05, 0.1) is 18.9 Å². The highest BCUT2D eigenvalue weighted by Crippen LogP contribution is 2.25. The molecular weight excluding hydrogens is 344 g/mol. The molecule has 0 saturated heterocycles. The molecule has 2 rings (SSSR count). The van der Waals surface area contributed by atoms with Crippen LogP contribution in [-0.4, -0.2) is 18.8 Å². The van der Waals surface area contributed by atoms with Gasteiger partial charge in [-0.25, -0.2) is 8.78 Å². The highest BCUT2D eigenvalue weighted by molar-refractivity contribution is 8.00. The smallest absolute Gasteiger partial charge is 0.230 e. The van der Waals surface area contributed by atoms with Crippen LogP contribution in [0.2, 0.25) is 0 Å². The second kappa shape index (κ2) is 8.85. The minimum Gasteiger partial charge on any atom is -0.497 e. The van der Waals surface area contributed by atoms with Gasteiger partial charge in [0.2, 0.25) is 5.91 Å². The Morgan fingerprint density at radius 3 is 2.36 bits per heavy atom. The molecule has 0 radical (unpaired) electrons. The summed E-state index contributed by atoms with van der Waals surface area (Å²) >= 11 is 1.17. The number of halogens is 2. The average molecular weight is 365 g/mol. The first-order chi connectivity index (χ1) is 11.9.